The SMILES string of the molecule is COc1ccc(C(C)N[C@@H](C)C2CCCCC2)cc1Br. The van der Waals surface area contributed by atoms with Gasteiger partial charge in [-0.05, 0) is 66.2 Å². The van der Waals surface area contributed by atoms with Gasteiger partial charge in [0.15, 0.2) is 0 Å². The Kier molecular flexibility index (Phi) is 5.91. The lowest BCUT2D eigenvalue weighted by molar-refractivity contribution is 0.268. The monoisotopic (exact) mass is 339 g/mol. The summed E-state index contributed by atoms with van der Waals surface area (Å²) >= 11 is 3.57. The fraction of sp³-hybridized carbons (Fsp3) is 0.647. The van der Waals surface area contributed by atoms with E-state index in [-0.39, 0.29) is 0 Å². The van der Waals surface area contributed by atoms with Crippen LogP contribution in [0.2, 0.25) is 0 Å². The molecule has 0 bridgehead atoms. The Balaban J connectivity index is 1.96. The van der Waals surface area contributed by atoms with Gasteiger partial charge in [-0.3, -0.25) is 0 Å². The molecule has 0 aromatic heterocycles. The van der Waals surface area contributed by atoms with Gasteiger partial charge < -0.3 is 10.1 Å². The molecule has 112 valence electrons. The van der Waals surface area contributed by atoms with Crippen LogP contribution in [0.25, 0.3) is 0 Å². The van der Waals surface area contributed by atoms with Crippen LogP contribution in [0.15, 0.2) is 22.7 Å². The lowest BCUT2D eigenvalue weighted by atomic mass is 9.84. The van der Waals surface area contributed by atoms with Crippen LogP contribution in [0.1, 0.15) is 57.6 Å². The number of hydrogen-bond acceptors (Lipinski definition) is 2. The van der Waals surface area contributed by atoms with Crippen molar-refractivity contribution >= 4 is 15.9 Å². The van der Waals surface area contributed by atoms with Crippen molar-refractivity contribution in [3.8, 4) is 5.75 Å². The largest absolute Gasteiger partial charge is 0.496 e. The molecule has 2 rings (SSSR count). The third kappa shape index (κ3) is 3.98. The van der Waals surface area contributed by atoms with Crippen LogP contribution in [0, 0.1) is 5.92 Å². The Morgan fingerprint density at radius 2 is 1.90 bits per heavy atom. The molecule has 0 heterocycles. The molecule has 1 aliphatic carbocycles. The van der Waals surface area contributed by atoms with E-state index in [9.17, 15) is 0 Å². The Bertz CT molecular complexity index is 429. The van der Waals surface area contributed by atoms with E-state index in [4.69, 9.17) is 4.74 Å². The second-order valence-electron chi connectivity index (χ2n) is 5.97. The number of hydrogen-bond donors (Lipinski definition) is 1. The number of benzene rings is 1. The van der Waals surface area contributed by atoms with Crippen LogP contribution in [0.5, 0.6) is 5.75 Å². The summed E-state index contributed by atoms with van der Waals surface area (Å²) in [6.45, 7) is 4.58. The molecule has 2 nitrogen and oxygen atoms in total. The van der Waals surface area contributed by atoms with E-state index < -0.39 is 0 Å². The van der Waals surface area contributed by atoms with Crippen LogP contribution in [-0.2, 0) is 0 Å². The zero-order valence-electron chi connectivity index (χ0n) is 12.8. The summed E-state index contributed by atoms with van der Waals surface area (Å²) in [6.07, 6.45) is 6.99. The number of ether oxygens (including phenoxy) is 1. The second kappa shape index (κ2) is 7.46. The van der Waals surface area contributed by atoms with Crippen molar-refractivity contribution in [2.75, 3.05) is 7.11 Å². The maximum atomic E-state index is 5.29. The summed E-state index contributed by atoms with van der Waals surface area (Å²) in [5.74, 6) is 1.73. The quantitative estimate of drug-likeness (QED) is 0.807. The molecule has 2 atom stereocenters. The summed E-state index contributed by atoms with van der Waals surface area (Å²) in [7, 11) is 1.70. The molecular formula is C17H26BrNO. The van der Waals surface area contributed by atoms with Crippen LogP contribution < -0.4 is 10.1 Å². The van der Waals surface area contributed by atoms with Crippen molar-refractivity contribution < 1.29 is 4.74 Å². The second-order valence-corrected chi connectivity index (χ2v) is 6.82. The van der Waals surface area contributed by atoms with E-state index in [0.717, 1.165) is 16.1 Å². The van der Waals surface area contributed by atoms with E-state index in [1.165, 1.54) is 37.7 Å². The van der Waals surface area contributed by atoms with Gasteiger partial charge in [-0.2, -0.15) is 0 Å². The first-order chi connectivity index (χ1) is 9.61. The van der Waals surface area contributed by atoms with E-state index in [2.05, 4.69) is 47.2 Å². The first kappa shape index (κ1) is 15.8. The number of methoxy groups -OCH3 is 1. The minimum atomic E-state index is 0.370. The standard InChI is InChI=1S/C17H26BrNO/c1-12(14-7-5-4-6-8-14)19-13(2)15-9-10-17(20-3)16(18)11-15/h9-14,19H,4-8H2,1-3H3/t12-,13?/m0/s1. The molecule has 3 heteroatoms. The van der Waals surface area contributed by atoms with Crippen molar-refractivity contribution in [1.29, 1.82) is 0 Å². The van der Waals surface area contributed by atoms with E-state index in [1.54, 1.807) is 7.11 Å². The maximum Gasteiger partial charge on any atom is 0.133 e. The first-order valence-electron chi connectivity index (χ1n) is 7.71. The third-order valence-corrected chi connectivity index (χ3v) is 5.17. The van der Waals surface area contributed by atoms with Crippen molar-refractivity contribution in [2.45, 2.75) is 58.0 Å². The van der Waals surface area contributed by atoms with Gasteiger partial charge in [0.1, 0.15) is 5.75 Å². The van der Waals surface area contributed by atoms with E-state index in [1.807, 2.05) is 6.07 Å². The lowest BCUT2D eigenvalue weighted by Crippen LogP contribution is -2.36. The van der Waals surface area contributed by atoms with Gasteiger partial charge in [0.05, 0.1) is 11.6 Å². The molecule has 1 saturated carbocycles. The highest BCUT2D eigenvalue weighted by atomic mass is 79.9. The minimum absolute atomic E-state index is 0.370. The smallest absolute Gasteiger partial charge is 0.133 e. The highest BCUT2D eigenvalue weighted by Gasteiger charge is 2.21. The van der Waals surface area contributed by atoms with Crippen molar-refractivity contribution in [3.05, 3.63) is 28.2 Å². The Morgan fingerprint density at radius 1 is 1.20 bits per heavy atom. The summed E-state index contributed by atoms with van der Waals surface area (Å²) in [5.41, 5.74) is 1.31. The molecule has 0 spiro atoms. The third-order valence-electron chi connectivity index (χ3n) is 4.55. The highest BCUT2D eigenvalue weighted by molar-refractivity contribution is 9.10. The van der Waals surface area contributed by atoms with Crippen LogP contribution >= 0.6 is 15.9 Å². The zero-order chi connectivity index (χ0) is 14.5. The summed E-state index contributed by atoms with van der Waals surface area (Å²) in [6, 6.07) is 7.29. The number of halogens is 1. The average molecular weight is 340 g/mol. The zero-order valence-corrected chi connectivity index (χ0v) is 14.4. The van der Waals surface area contributed by atoms with Gasteiger partial charge in [0.2, 0.25) is 0 Å². The Hall–Kier alpha value is -0.540. The molecule has 1 aromatic rings. The molecule has 1 unspecified atom stereocenters. The topological polar surface area (TPSA) is 21.3 Å². The fourth-order valence-corrected chi connectivity index (χ4v) is 3.77. The van der Waals surface area contributed by atoms with Crippen LogP contribution in [0.4, 0.5) is 0 Å². The van der Waals surface area contributed by atoms with Crippen molar-refractivity contribution in [1.82, 2.24) is 5.32 Å². The van der Waals surface area contributed by atoms with Crippen LogP contribution in [0.3, 0.4) is 0 Å². The normalized spacial score (nSPS) is 19.6. The highest BCUT2D eigenvalue weighted by Crippen LogP contribution is 2.30. The van der Waals surface area contributed by atoms with Gasteiger partial charge in [0.25, 0.3) is 0 Å². The molecular weight excluding hydrogens is 314 g/mol. The van der Waals surface area contributed by atoms with Crippen molar-refractivity contribution in [3.63, 3.8) is 0 Å². The fourth-order valence-electron chi connectivity index (χ4n) is 3.21. The summed E-state index contributed by atoms with van der Waals surface area (Å²) in [4.78, 5) is 0. The first-order valence-corrected chi connectivity index (χ1v) is 8.50. The Labute approximate surface area is 131 Å². The molecule has 1 aromatic carbocycles. The maximum absolute atomic E-state index is 5.29. The van der Waals surface area contributed by atoms with Crippen molar-refractivity contribution in [2.24, 2.45) is 5.92 Å². The molecule has 0 amide bonds. The minimum Gasteiger partial charge on any atom is -0.496 e. The predicted octanol–water partition coefficient (Wildman–Crippen LogP) is 5.08. The molecule has 0 saturated heterocycles. The van der Waals surface area contributed by atoms with Crippen LogP contribution in [-0.4, -0.2) is 13.2 Å². The molecule has 0 radical (unpaired) electrons. The average Bonchev–Trinajstić information content (AvgIpc) is 2.48. The van der Waals surface area contributed by atoms with Gasteiger partial charge in [-0.15, -0.1) is 0 Å². The van der Waals surface area contributed by atoms with Gasteiger partial charge in [-0.25, -0.2) is 0 Å². The summed E-state index contributed by atoms with van der Waals surface area (Å²) in [5, 5.41) is 3.77. The Morgan fingerprint density at radius 3 is 2.50 bits per heavy atom. The van der Waals surface area contributed by atoms with Gasteiger partial charge >= 0.3 is 0 Å². The van der Waals surface area contributed by atoms with Gasteiger partial charge in [-0.1, -0.05) is 25.3 Å². The summed E-state index contributed by atoms with van der Waals surface area (Å²) < 4.78 is 6.31. The molecule has 1 N–H and O–H groups in total. The molecule has 20 heavy (non-hydrogen) atoms. The predicted molar refractivity (Wildman–Crippen MR) is 88.3 cm³/mol. The molecule has 0 aliphatic heterocycles. The lowest BCUT2D eigenvalue weighted by Gasteiger charge is -2.31. The number of rotatable bonds is 5. The number of nitrogens with one attached hydrogen (secondary N) is 1. The molecule has 1 fully saturated rings. The van der Waals surface area contributed by atoms with E-state index in [0.29, 0.717) is 12.1 Å². The molecule has 1 aliphatic rings. The van der Waals surface area contributed by atoms with Gasteiger partial charge in [0, 0.05) is 12.1 Å². The van der Waals surface area contributed by atoms with E-state index >= 15 is 0 Å².